The first-order valence-corrected chi connectivity index (χ1v) is 6.61. The molecule has 0 aliphatic heterocycles. The summed E-state index contributed by atoms with van der Waals surface area (Å²) in [7, 11) is 3.34. The summed E-state index contributed by atoms with van der Waals surface area (Å²) >= 11 is 0. The fourth-order valence-corrected chi connectivity index (χ4v) is 2.09. The first-order chi connectivity index (χ1) is 9.63. The fraction of sp³-hybridized carbons (Fsp3) is 0.222. The maximum atomic E-state index is 5.38. The number of ether oxygens (including phenoxy) is 2. The predicted octanol–water partition coefficient (Wildman–Crippen LogP) is 4.49. The van der Waals surface area contributed by atoms with E-state index < -0.39 is 0 Å². The Kier molecular flexibility index (Phi) is 4.46. The molecule has 0 atom stereocenters. The Hall–Kier alpha value is -2.22. The lowest BCUT2D eigenvalue weighted by Crippen LogP contribution is -1.89. The topological polar surface area (TPSA) is 18.5 Å². The molecule has 2 rings (SSSR count). The normalized spacial score (nSPS) is 10.8. The minimum absolute atomic E-state index is 0.825. The Labute approximate surface area is 120 Å². The maximum absolute atomic E-state index is 5.38. The van der Waals surface area contributed by atoms with E-state index in [0.29, 0.717) is 0 Å². The summed E-state index contributed by atoms with van der Waals surface area (Å²) in [6, 6.07) is 12.2. The zero-order valence-corrected chi connectivity index (χ0v) is 12.4. The van der Waals surface area contributed by atoms with Crippen LogP contribution in [0.3, 0.4) is 0 Å². The standard InChI is InChI=1S/C18H20O2/c1-13-5-6-14(2)15(11-13)7-8-16-12-17(19-3)9-10-18(16)20-4/h5-12H,1-4H3/b8-7+. The van der Waals surface area contributed by atoms with Gasteiger partial charge in [0, 0.05) is 5.56 Å². The summed E-state index contributed by atoms with van der Waals surface area (Å²) in [5, 5.41) is 0. The van der Waals surface area contributed by atoms with Crippen LogP contribution in [0.4, 0.5) is 0 Å². The van der Waals surface area contributed by atoms with E-state index in [2.05, 4.69) is 44.2 Å². The zero-order valence-electron chi connectivity index (χ0n) is 12.4. The molecule has 0 saturated heterocycles. The van der Waals surface area contributed by atoms with Gasteiger partial charge in [-0.2, -0.15) is 0 Å². The van der Waals surface area contributed by atoms with E-state index in [1.165, 1.54) is 16.7 Å². The second-order valence-electron chi connectivity index (χ2n) is 4.80. The van der Waals surface area contributed by atoms with Crippen molar-refractivity contribution >= 4 is 12.2 Å². The number of methoxy groups -OCH3 is 2. The quantitative estimate of drug-likeness (QED) is 0.761. The first kappa shape index (κ1) is 14.2. The van der Waals surface area contributed by atoms with Gasteiger partial charge in [-0.1, -0.05) is 35.9 Å². The molecule has 0 aromatic heterocycles. The lowest BCUT2D eigenvalue weighted by atomic mass is 10.0. The van der Waals surface area contributed by atoms with Crippen molar-refractivity contribution in [1.29, 1.82) is 0 Å². The van der Waals surface area contributed by atoms with Crippen LogP contribution in [0.15, 0.2) is 36.4 Å². The SMILES string of the molecule is COc1ccc(OC)c(/C=C/c2cc(C)ccc2C)c1. The number of hydrogen-bond acceptors (Lipinski definition) is 2. The van der Waals surface area contributed by atoms with Crippen LogP contribution >= 0.6 is 0 Å². The summed E-state index contributed by atoms with van der Waals surface area (Å²) in [5.74, 6) is 1.67. The molecule has 2 heteroatoms. The van der Waals surface area contributed by atoms with Crippen LogP contribution in [-0.2, 0) is 0 Å². The Morgan fingerprint density at radius 1 is 0.800 bits per heavy atom. The van der Waals surface area contributed by atoms with Gasteiger partial charge in [0.25, 0.3) is 0 Å². The van der Waals surface area contributed by atoms with Gasteiger partial charge < -0.3 is 9.47 Å². The second-order valence-corrected chi connectivity index (χ2v) is 4.80. The number of hydrogen-bond donors (Lipinski definition) is 0. The molecule has 0 saturated carbocycles. The summed E-state index contributed by atoms with van der Waals surface area (Å²) in [6.07, 6.45) is 4.17. The molecule has 2 nitrogen and oxygen atoms in total. The molecule has 0 amide bonds. The Morgan fingerprint density at radius 3 is 2.25 bits per heavy atom. The zero-order chi connectivity index (χ0) is 14.5. The lowest BCUT2D eigenvalue weighted by molar-refractivity contribution is 0.402. The van der Waals surface area contributed by atoms with Gasteiger partial charge >= 0.3 is 0 Å². The van der Waals surface area contributed by atoms with E-state index >= 15 is 0 Å². The third-order valence-corrected chi connectivity index (χ3v) is 3.31. The highest BCUT2D eigenvalue weighted by Crippen LogP contribution is 2.26. The molecule has 0 radical (unpaired) electrons. The highest BCUT2D eigenvalue weighted by molar-refractivity contribution is 5.74. The van der Waals surface area contributed by atoms with Crippen LogP contribution in [0.25, 0.3) is 12.2 Å². The van der Waals surface area contributed by atoms with Crippen LogP contribution < -0.4 is 9.47 Å². The first-order valence-electron chi connectivity index (χ1n) is 6.61. The van der Waals surface area contributed by atoms with E-state index in [1.54, 1.807) is 14.2 Å². The molecule has 0 N–H and O–H groups in total. The van der Waals surface area contributed by atoms with Crippen molar-refractivity contribution in [2.45, 2.75) is 13.8 Å². The lowest BCUT2D eigenvalue weighted by Gasteiger charge is -2.07. The van der Waals surface area contributed by atoms with E-state index in [-0.39, 0.29) is 0 Å². The minimum atomic E-state index is 0.825. The van der Waals surface area contributed by atoms with Crippen molar-refractivity contribution in [1.82, 2.24) is 0 Å². The van der Waals surface area contributed by atoms with Crippen LogP contribution in [0.1, 0.15) is 22.3 Å². The summed E-state index contributed by atoms with van der Waals surface area (Å²) in [4.78, 5) is 0. The van der Waals surface area contributed by atoms with Gasteiger partial charge in [0.15, 0.2) is 0 Å². The van der Waals surface area contributed by atoms with Crippen molar-refractivity contribution in [2.75, 3.05) is 14.2 Å². The molecule has 0 fully saturated rings. The Morgan fingerprint density at radius 2 is 1.55 bits per heavy atom. The number of benzene rings is 2. The van der Waals surface area contributed by atoms with Crippen LogP contribution in [0.5, 0.6) is 11.5 Å². The van der Waals surface area contributed by atoms with Gasteiger partial charge in [0.05, 0.1) is 14.2 Å². The molecule has 0 aliphatic carbocycles. The molecule has 0 spiro atoms. The number of rotatable bonds is 4. The Balaban J connectivity index is 2.37. The fourth-order valence-electron chi connectivity index (χ4n) is 2.09. The average molecular weight is 268 g/mol. The van der Waals surface area contributed by atoms with E-state index in [0.717, 1.165) is 17.1 Å². The molecule has 20 heavy (non-hydrogen) atoms. The van der Waals surface area contributed by atoms with Crippen molar-refractivity contribution in [3.05, 3.63) is 58.7 Å². The maximum Gasteiger partial charge on any atom is 0.126 e. The van der Waals surface area contributed by atoms with Crippen molar-refractivity contribution in [2.24, 2.45) is 0 Å². The molecule has 2 aromatic carbocycles. The summed E-state index contributed by atoms with van der Waals surface area (Å²) in [5.41, 5.74) is 4.74. The molecule has 0 aliphatic rings. The van der Waals surface area contributed by atoms with Gasteiger partial charge in [-0.05, 0) is 43.2 Å². The Bertz CT molecular complexity index is 627. The molecule has 2 aromatic rings. The molecule has 0 bridgehead atoms. The van der Waals surface area contributed by atoms with Crippen LogP contribution in [-0.4, -0.2) is 14.2 Å². The highest BCUT2D eigenvalue weighted by atomic mass is 16.5. The van der Waals surface area contributed by atoms with Gasteiger partial charge in [0.2, 0.25) is 0 Å². The van der Waals surface area contributed by atoms with Gasteiger partial charge in [0.1, 0.15) is 11.5 Å². The monoisotopic (exact) mass is 268 g/mol. The third kappa shape index (κ3) is 3.21. The van der Waals surface area contributed by atoms with Crippen molar-refractivity contribution in [3.8, 4) is 11.5 Å². The summed E-state index contributed by atoms with van der Waals surface area (Å²) < 4.78 is 10.6. The molecular weight excluding hydrogens is 248 g/mol. The molecule has 0 unspecified atom stereocenters. The van der Waals surface area contributed by atoms with Crippen LogP contribution in [0.2, 0.25) is 0 Å². The predicted molar refractivity (Wildman–Crippen MR) is 84.4 cm³/mol. The van der Waals surface area contributed by atoms with Gasteiger partial charge in [-0.15, -0.1) is 0 Å². The molecular formula is C18H20O2. The summed E-state index contributed by atoms with van der Waals surface area (Å²) in [6.45, 7) is 4.21. The molecule has 104 valence electrons. The third-order valence-electron chi connectivity index (χ3n) is 3.31. The van der Waals surface area contributed by atoms with E-state index in [9.17, 15) is 0 Å². The minimum Gasteiger partial charge on any atom is -0.497 e. The van der Waals surface area contributed by atoms with Crippen molar-refractivity contribution < 1.29 is 9.47 Å². The number of aryl methyl sites for hydroxylation is 2. The second kappa shape index (κ2) is 6.29. The average Bonchev–Trinajstić information content (AvgIpc) is 2.47. The van der Waals surface area contributed by atoms with Gasteiger partial charge in [-0.3, -0.25) is 0 Å². The van der Waals surface area contributed by atoms with E-state index in [4.69, 9.17) is 9.47 Å². The smallest absolute Gasteiger partial charge is 0.126 e. The van der Waals surface area contributed by atoms with E-state index in [1.807, 2.05) is 18.2 Å². The van der Waals surface area contributed by atoms with Crippen LogP contribution in [0, 0.1) is 13.8 Å². The largest absolute Gasteiger partial charge is 0.497 e. The van der Waals surface area contributed by atoms with Crippen molar-refractivity contribution in [3.63, 3.8) is 0 Å². The van der Waals surface area contributed by atoms with Gasteiger partial charge in [-0.25, -0.2) is 0 Å². The molecule has 0 heterocycles. The highest BCUT2D eigenvalue weighted by Gasteiger charge is 2.02.